The second-order valence-electron chi connectivity index (χ2n) is 3.70. The van der Waals surface area contributed by atoms with Crippen LogP contribution in [-0.2, 0) is 14.3 Å². The van der Waals surface area contributed by atoms with Crippen molar-refractivity contribution < 1.29 is 14.3 Å². The van der Waals surface area contributed by atoms with Gasteiger partial charge >= 0.3 is 5.97 Å². The van der Waals surface area contributed by atoms with Crippen LogP contribution in [0.3, 0.4) is 0 Å². The Morgan fingerprint density at radius 2 is 2.14 bits per heavy atom. The Labute approximate surface area is 84.0 Å². The van der Waals surface area contributed by atoms with Crippen molar-refractivity contribution in [3.63, 3.8) is 0 Å². The van der Waals surface area contributed by atoms with Crippen LogP contribution < -0.4 is 5.32 Å². The van der Waals surface area contributed by atoms with E-state index in [0.717, 1.165) is 25.8 Å². The Morgan fingerprint density at radius 1 is 1.43 bits per heavy atom. The summed E-state index contributed by atoms with van der Waals surface area (Å²) in [6.07, 6.45) is 3.23. The summed E-state index contributed by atoms with van der Waals surface area (Å²) in [7, 11) is 1.24. The number of ketones is 1. The van der Waals surface area contributed by atoms with Gasteiger partial charge < -0.3 is 10.1 Å². The fourth-order valence-electron chi connectivity index (χ4n) is 1.77. The van der Waals surface area contributed by atoms with Crippen LogP contribution in [0.25, 0.3) is 0 Å². The van der Waals surface area contributed by atoms with Crippen molar-refractivity contribution in [2.75, 3.05) is 13.7 Å². The molecule has 1 saturated heterocycles. The molecule has 1 aliphatic rings. The van der Waals surface area contributed by atoms with Gasteiger partial charge in [0.05, 0.1) is 7.11 Å². The van der Waals surface area contributed by atoms with Crippen LogP contribution in [0.1, 0.15) is 26.2 Å². The second kappa shape index (κ2) is 5.10. The highest BCUT2D eigenvalue weighted by atomic mass is 16.5. The van der Waals surface area contributed by atoms with Crippen molar-refractivity contribution in [3.8, 4) is 0 Å². The maximum Gasteiger partial charge on any atom is 0.374 e. The molecule has 1 rings (SSSR count). The summed E-state index contributed by atoms with van der Waals surface area (Å²) < 4.78 is 4.41. The maximum atomic E-state index is 11.5. The van der Waals surface area contributed by atoms with Crippen molar-refractivity contribution in [1.82, 2.24) is 5.32 Å². The van der Waals surface area contributed by atoms with Gasteiger partial charge in [-0.1, -0.05) is 13.3 Å². The predicted molar refractivity (Wildman–Crippen MR) is 51.8 cm³/mol. The highest BCUT2D eigenvalue weighted by molar-refractivity contribution is 6.34. The second-order valence-corrected chi connectivity index (χ2v) is 3.70. The lowest BCUT2D eigenvalue weighted by atomic mass is 9.90. The Bertz CT molecular complexity index is 221. The smallest absolute Gasteiger partial charge is 0.374 e. The highest BCUT2D eigenvalue weighted by Gasteiger charge is 2.29. The minimum atomic E-state index is -0.732. The molecule has 1 N–H and O–H groups in total. The van der Waals surface area contributed by atoms with E-state index in [-0.39, 0.29) is 12.0 Å². The van der Waals surface area contributed by atoms with Crippen LogP contribution in [0.5, 0.6) is 0 Å². The molecule has 0 aromatic carbocycles. The van der Waals surface area contributed by atoms with E-state index in [1.165, 1.54) is 7.11 Å². The summed E-state index contributed by atoms with van der Waals surface area (Å²) in [6.45, 7) is 2.71. The fourth-order valence-corrected chi connectivity index (χ4v) is 1.77. The van der Waals surface area contributed by atoms with E-state index in [0.29, 0.717) is 0 Å². The minimum absolute atomic E-state index is 0.135. The summed E-state index contributed by atoms with van der Waals surface area (Å²) in [4.78, 5) is 22.5. The van der Waals surface area contributed by atoms with Gasteiger partial charge in [-0.05, 0) is 19.4 Å². The monoisotopic (exact) mass is 199 g/mol. The van der Waals surface area contributed by atoms with Crippen LogP contribution in [-0.4, -0.2) is 31.4 Å². The molecule has 1 heterocycles. The van der Waals surface area contributed by atoms with E-state index in [1.54, 1.807) is 6.92 Å². The van der Waals surface area contributed by atoms with Crippen LogP contribution in [0.15, 0.2) is 0 Å². The molecule has 0 aromatic heterocycles. The van der Waals surface area contributed by atoms with E-state index >= 15 is 0 Å². The lowest BCUT2D eigenvalue weighted by Gasteiger charge is -2.27. The number of piperidine rings is 1. The van der Waals surface area contributed by atoms with Gasteiger partial charge in [0, 0.05) is 12.0 Å². The Hall–Kier alpha value is -0.900. The van der Waals surface area contributed by atoms with E-state index in [1.807, 2.05) is 0 Å². The number of carbonyl (C=O) groups is 2. The third-order valence-electron chi connectivity index (χ3n) is 2.75. The fraction of sp³-hybridized carbons (Fsp3) is 0.800. The molecule has 2 atom stereocenters. The SMILES string of the molecule is COC(=O)C(=O)C(C)C1CCCCN1. The number of ether oxygens (including phenoxy) is 1. The van der Waals surface area contributed by atoms with Gasteiger partial charge in [-0.25, -0.2) is 4.79 Å². The summed E-state index contributed by atoms with van der Waals surface area (Å²) in [6, 6.07) is 0.135. The molecule has 1 aliphatic heterocycles. The van der Waals surface area contributed by atoms with Gasteiger partial charge in [-0.15, -0.1) is 0 Å². The average molecular weight is 199 g/mol. The molecule has 0 radical (unpaired) electrons. The molecule has 0 bridgehead atoms. The summed E-state index contributed by atoms with van der Waals surface area (Å²) in [5.74, 6) is -1.43. The van der Waals surface area contributed by atoms with Crippen molar-refractivity contribution in [2.45, 2.75) is 32.2 Å². The molecule has 1 fully saturated rings. The Balaban J connectivity index is 2.50. The first-order valence-electron chi connectivity index (χ1n) is 5.02. The topological polar surface area (TPSA) is 55.4 Å². The normalized spacial score (nSPS) is 24.0. The van der Waals surface area contributed by atoms with Gasteiger partial charge in [0.25, 0.3) is 0 Å². The molecule has 0 aliphatic carbocycles. The maximum absolute atomic E-state index is 11.5. The van der Waals surface area contributed by atoms with Crippen molar-refractivity contribution in [3.05, 3.63) is 0 Å². The lowest BCUT2D eigenvalue weighted by molar-refractivity contribution is -0.153. The quantitative estimate of drug-likeness (QED) is 0.531. The van der Waals surface area contributed by atoms with Gasteiger partial charge in [0.1, 0.15) is 0 Å². The summed E-state index contributed by atoms with van der Waals surface area (Å²) in [5.41, 5.74) is 0. The predicted octanol–water partition coefficient (Wildman–Crippen LogP) is 0.507. The van der Waals surface area contributed by atoms with Crippen LogP contribution in [0, 0.1) is 5.92 Å². The molecule has 14 heavy (non-hydrogen) atoms. The molecule has 0 amide bonds. The number of rotatable bonds is 3. The van der Waals surface area contributed by atoms with E-state index in [9.17, 15) is 9.59 Å². The third-order valence-corrected chi connectivity index (χ3v) is 2.75. The largest absolute Gasteiger partial charge is 0.463 e. The van der Waals surface area contributed by atoms with Gasteiger partial charge in [0.2, 0.25) is 5.78 Å². The van der Waals surface area contributed by atoms with E-state index < -0.39 is 11.8 Å². The molecular weight excluding hydrogens is 182 g/mol. The molecule has 2 unspecified atom stereocenters. The van der Waals surface area contributed by atoms with Crippen molar-refractivity contribution >= 4 is 11.8 Å². The van der Waals surface area contributed by atoms with Gasteiger partial charge in [0.15, 0.2) is 0 Å². The Kier molecular flexibility index (Phi) is 4.07. The molecule has 80 valence electrons. The average Bonchev–Trinajstić information content (AvgIpc) is 2.27. The number of Topliss-reactive ketones (excluding diaryl/α,β-unsaturated/α-hetero) is 1. The zero-order valence-corrected chi connectivity index (χ0v) is 8.71. The first-order chi connectivity index (χ1) is 6.66. The Morgan fingerprint density at radius 3 is 2.64 bits per heavy atom. The van der Waals surface area contributed by atoms with E-state index in [4.69, 9.17) is 0 Å². The van der Waals surface area contributed by atoms with Crippen LogP contribution in [0.2, 0.25) is 0 Å². The first kappa shape index (κ1) is 11.2. The van der Waals surface area contributed by atoms with Gasteiger partial charge in [-0.3, -0.25) is 4.79 Å². The summed E-state index contributed by atoms with van der Waals surface area (Å²) in [5, 5.41) is 3.25. The van der Waals surface area contributed by atoms with Crippen molar-refractivity contribution in [2.24, 2.45) is 5.92 Å². The van der Waals surface area contributed by atoms with Crippen molar-refractivity contribution in [1.29, 1.82) is 0 Å². The molecular formula is C10H17NO3. The molecule has 0 aromatic rings. The minimum Gasteiger partial charge on any atom is -0.463 e. The lowest BCUT2D eigenvalue weighted by Crippen LogP contribution is -2.43. The molecule has 4 nitrogen and oxygen atoms in total. The number of carbonyl (C=O) groups excluding carboxylic acids is 2. The molecule has 4 heteroatoms. The van der Waals surface area contributed by atoms with Crippen LogP contribution >= 0.6 is 0 Å². The van der Waals surface area contributed by atoms with E-state index in [2.05, 4.69) is 10.1 Å². The number of nitrogens with one attached hydrogen (secondary N) is 1. The summed E-state index contributed by atoms with van der Waals surface area (Å²) >= 11 is 0. The van der Waals surface area contributed by atoms with Crippen LogP contribution in [0.4, 0.5) is 0 Å². The molecule has 0 spiro atoms. The van der Waals surface area contributed by atoms with Gasteiger partial charge in [-0.2, -0.15) is 0 Å². The zero-order valence-electron chi connectivity index (χ0n) is 8.71. The third kappa shape index (κ3) is 2.54. The number of esters is 1. The zero-order chi connectivity index (χ0) is 10.6. The number of methoxy groups -OCH3 is 1. The highest BCUT2D eigenvalue weighted by Crippen LogP contribution is 2.16. The molecule has 0 saturated carbocycles. The number of hydrogen-bond acceptors (Lipinski definition) is 4. The number of hydrogen-bond donors (Lipinski definition) is 1. The standard InChI is InChI=1S/C10H17NO3/c1-7(9(12)10(13)14-2)8-5-3-4-6-11-8/h7-8,11H,3-6H2,1-2H3. The first-order valence-corrected chi connectivity index (χ1v) is 5.02.